The minimum absolute atomic E-state index is 0.0878. The lowest BCUT2D eigenvalue weighted by Crippen LogP contribution is -2.31. The first-order valence-corrected chi connectivity index (χ1v) is 12.9. The van der Waals surface area contributed by atoms with Crippen molar-refractivity contribution in [1.29, 1.82) is 0 Å². The Morgan fingerprint density at radius 3 is 2.35 bits per heavy atom. The number of anilines is 3. The zero-order valence-corrected chi connectivity index (χ0v) is 19.8. The third-order valence-corrected chi connectivity index (χ3v) is 8.45. The van der Waals surface area contributed by atoms with Crippen LogP contribution in [0.4, 0.5) is 17.1 Å². The molecule has 31 heavy (non-hydrogen) atoms. The number of carbonyl (C=O) groups excluding carboxylic acids is 1. The minimum Gasteiger partial charge on any atom is -0.371 e. The standard InChI is InChI=1S/C21H22Cl3N3O3S/c22-14-9-15(11-16(10-14)26-5-2-1-3-6-26)25-21(28)18-12-17(13-19(23)20(18)24)27-7-4-8-31(27,29)30/h9-13H,1-8H2,(H-,25,28,29,30)/p+1. The number of carbonyl (C=O) groups is 1. The van der Waals surface area contributed by atoms with Gasteiger partial charge in [0.25, 0.3) is 5.91 Å². The molecule has 6 nitrogen and oxygen atoms in total. The first kappa shape index (κ1) is 22.7. The number of rotatable bonds is 4. The van der Waals surface area contributed by atoms with E-state index in [0.717, 1.165) is 31.6 Å². The zero-order valence-electron chi connectivity index (χ0n) is 16.7. The summed E-state index contributed by atoms with van der Waals surface area (Å²) in [4.78, 5) is 15.3. The van der Waals surface area contributed by atoms with Crippen molar-refractivity contribution in [3.63, 3.8) is 0 Å². The molecule has 2 aromatic rings. The fourth-order valence-electron chi connectivity index (χ4n) is 4.01. The van der Waals surface area contributed by atoms with Crippen LogP contribution >= 0.6 is 34.8 Å². The van der Waals surface area contributed by atoms with E-state index in [-0.39, 0.29) is 21.4 Å². The van der Waals surface area contributed by atoms with Gasteiger partial charge in [-0.25, -0.2) is 0 Å². The minimum atomic E-state index is -3.17. The molecular formula is C21H23Cl3N3O3S+. The second-order valence-corrected chi connectivity index (χ2v) is 11.0. The molecule has 1 amide bonds. The third kappa shape index (κ3) is 4.96. The second-order valence-electron chi connectivity index (χ2n) is 7.76. The van der Waals surface area contributed by atoms with E-state index in [1.807, 2.05) is 12.1 Å². The van der Waals surface area contributed by atoms with Crippen molar-refractivity contribution in [2.24, 2.45) is 0 Å². The van der Waals surface area contributed by atoms with Crippen molar-refractivity contribution in [3.05, 3.63) is 51.0 Å². The number of amides is 1. The van der Waals surface area contributed by atoms with Gasteiger partial charge in [0.2, 0.25) is 0 Å². The number of hydrogen-bond acceptors (Lipinski definition) is 3. The van der Waals surface area contributed by atoms with Crippen LogP contribution in [0.5, 0.6) is 0 Å². The van der Waals surface area contributed by atoms with Gasteiger partial charge in [-0.05, 0) is 53.8 Å². The summed E-state index contributed by atoms with van der Waals surface area (Å²) in [5.74, 6) is -0.291. The molecule has 2 fully saturated rings. The molecule has 0 saturated carbocycles. The van der Waals surface area contributed by atoms with Gasteiger partial charge in [-0.1, -0.05) is 34.8 Å². The molecule has 1 atom stereocenters. The van der Waals surface area contributed by atoms with Gasteiger partial charge in [-0.3, -0.25) is 4.79 Å². The molecule has 0 bridgehead atoms. The summed E-state index contributed by atoms with van der Waals surface area (Å²) in [6.07, 6.45) is 4.05. The van der Waals surface area contributed by atoms with Crippen LogP contribution in [0.15, 0.2) is 30.3 Å². The zero-order chi connectivity index (χ0) is 22.2. The van der Waals surface area contributed by atoms with Crippen LogP contribution in [0.1, 0.15) is 36.0 Å². The summed E-state index contributed by atoms with van der Waals surface area (Å²) in [7, 11) is -3.17. The Morgan fingerprint density at radius 1 is 0.935 bits per heavy atom. The van der Waals surface area contributed by atoms with Crippen molar-refractivity contribution >= 4 is 68.2 Å². The van der Waals surface area contributed by atoms with E-state index in [2.05, 4.69) is 10.2 Å². The van der Waals surface area contributed by atoms with Gasteiger partial charge in [0, 0.05) is 35.9 Å². The molecule has 0 radical (unpaired) electrons. The van der Waals surface area contributed by atoms with Crippen molar-refractivity contribution in [2.45, 2.75) is 25.7 Å². The van der Waals surface area contributed by atoms with Gasteiger partial charge < -0.3 is 10.2 Å². The first-order chi connectivity index (χ1) is 14.7. The summed E-state index contributed by atoms with van der Waals surface area (Å²) in [5.41, 5.74) is 2.02. The Morgan fingerprint density at radius 2 is 1.68 bits per heavy atom. The first-order valence-electron chi connectivity index (χ1n) is 10.1. The molecule has 2 aliphatic rings. The maximum atomic E-state index is 13.1. The highest BCUT2D eigenvalue weighted by Gasteiger charge is 2.41. The summed E-state index contributed by atoms with van der Waals surface area (Å²) in [5, 5.41) is 3.59. The average molecular weight is 504 g/mol. The van der Waals surface area contributed by atoms with Crippen molar-refractivity contribution in [2.75, 3.05) is 39.9 Å². The maximum Gasteiger partial charge on any atom is 0.313 e. The van der Waals surface area contributed by atoms with Gasteiger partial charge in [-0.2, -0.15) is 8.86 Å². The van der Waals surface area contributed by atoms with E-state index < -0.39 is 16.3 Å². The van der Waals surface area contributed by atoms with Crippen molar-refractivity contribution < 1.29 is 13.6 Å². The molecular weight excluding hydrogens is 481 g/mol. The molecule has 2 aromatic carbocycles. The predicted octanol–water partition coefficient (Wildman–Crippen LogP) is 5.99. The normalized spacial score (nSPS) is 21.4. The van der Waals surface area contributed by atoms with Gasteiger partial charge >= 0.3 is 10.4 Å². The predicted molar refractivity (Wildman–Crippen MR) is 129 cm³/mol. The Labute approximate surface area is 197 Å². The molecule has 2 saturated heterocycles. The Balaban J connectivity index is 1.61. The largest absolute Gasteiger partial charge is 0.371 e. The van der Waals surface area contributed by atoms with Gasteiger partial charge in [0.15, 0.2) is 5.75 Å². The third-order valence-electron chi connectivity index (χ3n) is 5.52. The summed E-state index contributed by atoms with van der Waals surface area (Å²) in [6, 6.07) is 8.46. The number of nitrogens with one attached hydrogen (secondary N) is 1. The average Bonchev–Trinajstić information content (AvgIpc) is 3.09. The fourth-order valence-corrected chi connectivity index (χ4v) is 6.22. The van der Waals surface area contributed by atoms with Crippen LogP contribution in [-0.2, 0) is 14.6 Å². The molecule has 2 heterocycles. The Kier molecular flexibility index (Phi) is 6.70. The van der Waals surface area contributed by atoms with Crippen molar-refractivity contribution in [1.82, 2.24) is 0 Å². The monoisotopic (exact) mass is 502 g/mol. The second kappa shape index (κ2) is 9.16. The number of halogens is 3. The lowest BCUT2D eigenvalue weighted by molar-refractivity contribution is 0.102. The molecule has 166 valence electrons. The van der Waals surface area contributed by atoms with E-state index in [1.54, 1.807) is 6.07 Å². The maximum absolute atomic E-state index is 13.1. The molecule has 10 heteroatoms. The highest BCUT2D eigenvalue weighted by atomic mass is 35.5. The highest BCUT2D eigenvalue weighted by Crippen LogP contribution is 2.36. The molecule has 4 rings (SSSR count). The molecule has 1 unspecified atom stereocenters. The summed E-state index contributed by atoms with van der Waals surface area (Å²) < 4.78 is 23.9. The molecule has 2 aliphatic heterocycles. The van der Waals surface area contributed by atoms with Gasteiger partial charge in [0.1, 0.15) is 0 Å². The fraction of sp³-hybridized carbons (Fsp3) is 0.381. The van der Waals surface area contributed by atoms with E-state index in [1.165, 1.54) is 22.9 Å². The number of nitrogens with zero attached hydrogens (tertiary/aromatic N) is 2. The smallest absolute Gasteiger partial charge is 0.313 e. The number of hydrogen-bond donors (Lipinski definition) is 2. The quantitative estimate of drug-likeness (QED) is 0.503. The molecule has 0 aromatic heterocycles. The van der Waals surface area contributed by atoms with Crippen molar-refractivity contribution in [3.8, 4) is 0 Å². The van der Waals surface area contributed by atoms with Crippen LogP contribution in [0.25, 0.3) is 0 Å². The topological polar surface area (TPSA) is 72.9 Å². The van der Waals surface area contributed by atoms with Crippen LogP contribution in [0.3, 0.4) is 0 Å². The molecule has 2 N–H and O–H groups in total. The Bertz CT molecular complexity index is 1060. The van der Waals surface area contributed by atoms with E-state index in [4.69, 9.17) is 34.8 Å². The van der Waals surface area contributed by atoms with E-state index in [9.17, 15) is 13.6 Å². The SMILES string of the molecule is O=C(Nc1cc(Cl)cc(N2CCCCC2)c1)c1cc(N2CCC[S+]2(=O)O)cc(Cl)c1Cl. The summed E-state index contributed by atoms with van der Waals surface area (Å²) in [6.45, 7) is 2.31. The molecule has 0 aliphatic carbocycles. The van der Waals surface area contributed by atoms with E-state index >= 15 is 0 Å². The number of piperidine rings is 1. The van der Waals surface area contributed by atoms with Crippen LogP contribution < -0.4 is 14.5 Å². The lowest BCUT2D eigenvalue weighted by Gasteiger charge is -2.29. The van der Waals surface area contributed by atoms with Crippen LogP contribution in [0.2, 0.25) is 15.1 Å². The molecule has 0 spiro atoms. The number of benzene rings is 2. The Hall–Kier alpha value is -1.51. The summed E-state index contributed by atoms with van der Waals surface area (Å²) >= 11 is 18.9. The van der Waals surface area contributed by atoms with Gasteiger partial charge in [0.05, 0.1) is 27.8 Å². The van der Waals surface area contributed by atoms with E-state index in [0.29, 0.717) is 29.4 Å². The van der Waals surface area contributed by atoms with Crippen LogP contribution in [-0.4, -0.2) is 35.8 Å². The lowest BCUT2D eigenvalue weighted by atomic mass is 10.1. The van der Waals surface area contributed by atoms with Gasteiger partial charge in [-0.15, -0.1) is 0 Å². The highest BCUT2D eigenvalue weighted by molar-refractivity contribution is 7.99. The van der Waals surface area contributed by atoms with Crippen LogP contribution in [0, 0.1) is 0 Å².